The summed E-state index contributed by atoms with van der Waals surface area (Å²) in [6, 6.07) is 14.0. The van der Waals surface area contributed by atoms with Gasteiger partial charge >= 0.3 is 239 Å². The van der Waals surface area contributed by atoms with Crippen molar-refractivity contribution in [3.05, 3.63) is 64.7 Å². The zero-order valence-electron chi connectivity index (χ0n) is 23.8. The van der Waals surface area contributed by atoms with Gasteiger partial charge in [-0.2, -0.15) is 0 Å². The second kappa shape index (κ2) is 12.2. The van der Waals surface area contributed by atoms with Crippen LogP contribution in [0.3, 0.4) is 0 Å². The fourth-order valence-electron chi connectivity index (χ4n) is 5.15. The molecule has 3 rings (SSSR count). The van der Waals surface area contributed by atoms with Gasteiger partial charge in [0.05, 0.1) is 0 Å². The van der Waals surface area contributed by atoms with Gasteiger partial charge in [-0.3, -0.25) is 0 Å². The Morgan fingerprint density at radius 2 is 1.63 bits per heavy atom. The Morgan fingerprint density at radius 3 is 2.13 bits per heavy atom. The first kappa shape index (κ1) is 30.1. The van der Waals surface area contributed by atoms with Crippen LogP contribution >= 0.6 is 0 Å². The number of Topliss-reactive ketones (excluding diaryl/α,β-unsaturated/α-hetero) is 1. The van der Waals surface area contributed by atoms with Crippen molar-refractivity contribution < 1.29 is 35.9 Å². The van der Waals surface area contributed by atoms with E-state index >= 15 is 0 Å². The molecule has 2 aromatic carbocycles. The molecule has 0 radical (unpaired) electrons. The summed E-state index contributed by atoms with van der Waals surface area (Å²) in [5.74, 6) is 1.10. The molecular weight excluding hydrogens is 589 g/mol. The molecule has 0 spiro atoms. The predicted molar refractivity (Wildman–Crippen MR) is 151 cm³/mol. The number of benzene rings is 2. The van der Waals surface area contributed by atoms with Crippen molar-refractivity contribution in [2.75, 3.05) is 29.0 Å². The van der Waals surface area contributed by atoms with Crippen LogP contribution in [0.25, 0.3) is 0 Å². The van der Waals surface area contributed by atoms with Gasteiger partial charge in [-0.1, -0.05) is 0 Å². The number of carbonyl (C=O) groups is 2. The number of rotatable bonds is 9. The molecule has 38 heavy (non-hydrogen) atoms. The summed E-state index contributed by atoms with van der Waals surface area (Å²) in [5, 5.41) is 11.1. The number of carbonyl (C=O) groups excluding carboxylic acids is 2. The van der Waals surface area contributed by atoms with Gasteiger partial charge in [0, 0.05) is 0 Å². The number of ketones is 1. The summed E-state index contributed by atoms with van der Waals surface area (Å²) in [7, 11) is 0. The number of hydrogen-bond donors (Lipinski definition) is 2. The number of phenols is 1. The minimum absolute atomic E-state index is 0.0157. The van der Waals surface area contributed by atoms with Crippen LogP contribution < -0.4 is 26.9 Å². The second-order valence-electron chi connectivity index (χ2n) is 12.3. The molecule has 0 aliphatic carbocycles. The molecule has 1 aliphatic heterocycles. The van der Waals surface area contributed by atoms with E-state index in [4.69, 9.17) is 5.73 Å². The topological polar surface area (TPSA) is 96.0 Å². The number of aromatic hydroxyl groups is 1. The zero-order chi connectivity index (χ0) is 28.3. The average Bonchev–Trinajstić information content (AvgIpc) is 3.12. The predicted octanol–water partition coefficient (Wildman–Crippen LogP) is 1.56. The molecule has 1 saturated heterocycles. The Balaban J connectivity index is 2.00. The van der Waals surface area contributed by atoms with Crippen LogP contribution in [0.2, 0.25) is 0 Å². The van der Waals surface area contributed by atoms with E-state index in [-0.39, 0.29) is 62.6 Å². The van der Waals surface area contributed by atoms with Gasteiger partial charge in [0.1, 0.15) is 0 Å². The molecular formula is C31H43IN3O3-. The first-order chi connectivity index (χ1) is 17.7. The summed E-state index contributed by atoms with van der Waals surface area (Å²) in [5.41, 5.74) is 8.20. The molecule has 0 bridgehead atoms. The second-order valence-corrected chi connectivity index (χ2v) is 14.7. The van der Waals surface area contributed by atoms with E-state index in [0.29, 0.717) is 11.5 Å². The number of amidine groups is 1. The van der Waals surface area contributed by atoms with E-state index < -0.39 is 5.91 Å². The standard InChI is InChI=1S/C31H43IN3O3/c1-30(2,3)24-14-21(15-25(28(24)38)31(4,5)6)26(36)19-35-18-22(16-32-7)23(29(35)34-17-27(33)37)13-20-11-9-8-10-12-20/h8-12,14-15,22-23,38H,13,16-19H2,1-7H3,(H2,33,37)/q-1/t22-,23?/m0/s1. The molecule has 6 nitrogen and oxygen atoms in total. The van der Waals surface area contributed by atoms with Gasteiger partial charge in [0.2, 0.25) is 0 Å². The van der Waals surface area contributed by atoms with Crippen LogP contribution in [0.4, 0.5) is 0 Å². The van der Waals surface area contributed by atoms with Gasteiger partial charge in [-0.15, -0.1) is 0 Å². The van der Waals surface area contributed by atoms with E-state index in [9.17, 15) is 14.7 Å². The Labute approximate surface area is 238 Å². The number of likely N-dealkylation sites (tertiary alicyclic amines) is 1. The van der Waals surface area contributed by atoms with E-state index in [0.717, 1.165) is 34.4 Å². The molecule has 2 aromatic rings. The Kier molecular flexibility index (Phi) is 9.66. The van der Waals surface area contributed by atoms with Crippen molar-refractivity contribution in [1.29, 1.82) is 0 Å². The molecule has 7 heteroatoms. The van der Waals surface area contributed by atoms with Crippen molar-refractivity contribution in [2.45, 2.75) is 58.8 Å². The van der Waals surface area contributed by atoms with Crippen molar-refractivity contribution in [3.63, 3.8) is 0 Å². The number of amides is 1. The normalized spacial score (nSPS) is 19.3. The number of phenolic OH excluding ortho intramolecular Hbond substituents is 1. The number of alkyl halides is 2. The third kappa shape index (κ3) is 7.36. The summed E-state index contributed by atoms with van der Waals surface area (Å²) in [4.78, 5) is 34.5. The number of halogens is 1. The number of aliphatic imine (C=N–C) groups is 1. The van der Waals surface area contributed by atoms with Crippen LogP contribution in [0.5, 0.6) is 5.75 Å². The number of primary amides is 1. The third-order valence-corrected chi connectivity index (χ3v) is 9.12. The molecule has 1 amide bonds. The molecule has 1 heterocycles. The molecule has 3 N–H and O–H groups in total. The Bertz CT molecular complexity index is 1140. The monoisotopic (exact) mass is 632 g/mol. The van der Waals surface area contributed by atoms with Gasteiger partial charge in [0.25, 0.3) is 0 Å². The third-order valence-electron chi connectivity index (χ3n) is 7.11. The summed E-state index contributed by atoms with van der Waals surface area (Å²) in [6.45, 7) is 13.1. The van der Waals surface area contributed by atoms with Crippen molar-refractivity contribution in [1.82, 2.24) is 4.90 Å². The molecule has 1 unspecified atom stereocenters. The number of nitrogens with zero attached hydrogens (tertiary/aromatic N) is 2. The average molecular weight is 633 g/mol. The van der Waals surface area contributed by atoms with E-state index in [2.05, 4.69) is 27.0 Å². The fourth-order valence-corrected chi connectivity index (χ4v) is 7.18. The maximum atomic E-state index is 13.8. The van der Waals surface area contributed by atoms with Gasteiger partial charge < -0.3 is 0 Å². The van der Waals surface area contributed by atoms with Crippen LogP contribution in [-0.2, 0) is 22.0 Å². The van der Waals surface area contributed by atoms with E-state index in [1.54, 1.807) is 0 Å². The number of hydrogen-bond acceptors (Lipinski definition) is 4. The van der Waals surface area contributed by atoms with E-state index in [1.807, 2.05) is 71.9 Å². The Hall–Kier alpha value is -2.42. The van der Waals surface area contributed by atoms with Crippen molar-refractivity contribution >= 4 is 17.5 Å². The maximum absolute atomic E-state index is 13.8. The summed E-state index contributed by atoms with van der Waals surface area (Å²) < 4.78 is 1.12. The summed E-state index contributed by atoms with van der Waals surface area (Å²) in [6.07, 6.45) is 0.819. The van der Waals surface area contributed by atoms with Crippen LogP contribution in [0, 0.1) is 11.8 Å². The fraction of sp³-hybridized carbons (Fsp3) is 0.516. The van der Waals surface area contributed by atoms with Crippen LogP contribution in [0.15, 0.2) is 47.5 Å². The van der Waals surface area contributed by atoms with Crippen LogP contribution in [-0.4, -0.2) is 56.5 Å². The van der Waals surface area contributed by atoms with Crippen molar-refractivity contribution in [3.8, 4) is 5.75 Å². The molecule has 0 saturated carbocycles. The SMILES string of the molecule is C[I-]C[C@H]1CN(CC(=O)c2cc(C(C)(C)C)c(O)c(C(C)(C)C)c2)C(=NCC(N)=O)C1Cc1ccccc1. The molecule has 208 valence electrons. The molecule has 2 atom stereocenters. The minimum atomic E-state index is -0.475. The van der Waals surface area contributed by atoms with Crippen LogP contribution in [0.1, 0.15) is 68.6 Å². The molecule has 1 aliphatic rings. The van der Waals surface area contributed by atoms with Gasteiger partial charge in [0.15, 0.2) is 0 Å². The molecule has 0 aromatic heterocycles. The first-order valence-electron chi connectivity index (χ1n) is 13.2. The van der Waals surface area contributed by atoms with Crippen molar-refractivity contribution in [2.24, 2.45) is 22.6 Å². The quantitative estimate of drug-likeness (QED) is 0.249. The summed E-state index contributed by atoms with van der Waals surface area (Å²) >= 11 is 0.0385. The van der Waals surface area contributed by atoms with E-state index in [1.165, 1.54) is 5.56 Å². The zero-order valence-corrected chi connectivity index (χ0v) is 26.0. The first-order valence-corrected chi connectivity index (χ1v) is 16.9. The van der Waals surface area contributed by atoms with Gasteiger partial charge in [-0.05, 0) is 0 Å². The Morgan fingerprint density at radius 1 is 1.05 bits per heavy atom. The number of nitrogens with two attached hydrogens (primary N) is 1. The molecule has 1 fully saturated rings. The van der Waals surface area contributed by atoms with Gasteiger partial charge in [-0.25, -0.2) is 0 Å².